The zero-order chi connectivity index (χ0) is 9.52. The fraction of sp³-hybridized carbons (Fsp3) is 0.100. The van der Waals surface area contributed by atoms with Crippen molar-refractivity contribution in [1.29, 1.82) is 0 Å². The van der Waals surface area contributed by atoms with Crippen LogP contribution in [0.4, 0.5) is 0 Å². The lowest BCUT2D eigenvalue weighted by Crippen LogP contribution is -1.79. The van der Waals surface area contributed by atoms with E-state index in [0.717, 1.165) is 5.56 Å². The molecule has 64 valence electrons. The zero-order valence-electron chi connectivity index (χ0n) is 6.75. The van der Waals surface area contributed by atoms with Crippen molar-refractivity contribution in [2.24, 2.45) is 4.99 Å². The number of halogens is 1. The van der Waals surface area contributed by atoms with Gasteiger partial charge < -0.3 is 0 Å². The predicted octanol–water partition coefficient (Wildman–Crippen LogP) is 2.18. The van der Waals surface area contributed by atoms with Crippen LogP contribution in [-0.4, -0.2) is 6.08 Å². The third kappa shape index (κ3) is 3.57. The summed E-state index contributed by atoms with van der Waals surface area (Å²) in [5.41, 5.74) is 1.04. The molecular formula is C10H6ClNO. The number of hydrogen-bond donors (Lipinski definition) is 0. The lowest BCUT2D eigenvalue weighted by atomic mass is 10.2. The molecule has 0 aliphatic heterocycles. The van der Waals surface area contributed by atoms with Crippen LogP contribution in [0.2, 0.25) is 5.02 Å². The molecule has 1 rings (SSSR count). The monoisotopic (exact) mass is 191 g/mol. The molecule has 0 aliphatic carbocycles. The van der Waals surface area contributed by atoms with Gasteiger partial charge in [0.15, 0.2) is 0 Å². The van der Waals surface area contributed by atoms with Crippen LogP contribution >= 0.6 is 11.6 Å². The lowest BCUT2D eigenvalue weighted by Gasteiger charge is -1.93. The van der Waals surface area contributed by atoms with E-state index in [4.69, 9.17) is 11.6 Å². The Hall–Kier alpha value is -1.55. The summed E-state index contributed by atoms with van der Waals surface area (Å²) in [6.07, 6.45) is 1.90. The maximum absolute atomic E-state index is 9.65. The van der Waals surface area contributed by atoms with Crippen LogP contribution in [0.1, 0.15) is 5.56 Å². The molecule has 2 nitrogen and oxygen atoms in total. The fourth-order valence-corrected chi connectivity index (χ4v) is 0.932. The summed E-state index contributed by atoms with van der Waals surface area (Å²) < 4.78 is 0. The van der Waals surface area contributed by atoms with Crippen molar-refractivity contribution in [3.63, 3.8) is 0 Å². The molecule has 1 aromatic rings. The SMILES string of the molecule is O=C=NC#CCc1ccc(Cl)cc1. The molecule has 0 saturated heterocycles. The van der Waals surface area contributed by atoms with Gasteiger partial charge in [-0.05, 0) is 17.7 Å². The minimum Gasteiger partial charge on any atom is -0.210 e. The second-order valence-electron chi connectivity index (χ2n) is 2.29. The van der Waals surface area contributed by atoms with Crippen molar-refractivity contribution < 1.29 is 4.79 Å². The van der Waals surface area contributed by atoms with Gasteiger partial charge in [-0.25, -0.2) is 4.79 Å². The highest BCUT2D eigenvalue weighted by Gasteiger charge is 1.88. The van der Waals surface area contributed by atoms with Gasteiger partial charge in [-0.15, -0.1) is 4.99 Å². The van der Waals surface area contributed by atoms with Gasteiger partial charge in [-0.1, -0.05) is 29.7 Å². The van der Waals surface area contributed by atoms with E-state index in [2.05, 4.69) is 17.0 Å². The second-order valence-corrected chi connectivity index (χ2v) is 2.73. The molecule has 0 spiro atoms. The summed E-state index contributed by atoms with van der Waals surface area (Å²) in [5, 5.41) is 0.697. The van der Waals surface area contributed by atoms with E-state index >= 15 is 0 Å². The molecule has 0 radical (unpaired) electrons. The summed E-state index contributed by atoms with van der Waals surface area (Å²) in [7, 11) is 0. The Bertz CT molecular complexity index is 380. The molecule has 0 saturated carbocycles. The number of aliphatic imine (C=N–C) groups is 1. The van der Waals surface area contributed by atoms with E-state index in [9.17, 15) is 4.79 Å². The molecule has 3 heteroatoms. The minimum atomic E-state index is 0.558. The lowest BCUT2D eigenvalue weighted by molar-refractivity contribution is 0.565. The number of benzene rings is 1. The summed E-state index contributed by atoms with van der Waals surface area (Å²) >= 11 is 5.69. The van der Waals surface area contributed by atoms with Crippen molar-refractivity contribution in [2.75, 3.05) is 0 Å². The fourth-order valence-electron chi connectivity index (χ4n) is 0.806. The highest BCUT2D eigenvalue weighted by Crippen LogP contribution is 2.09. The molecule has 0 N–H and O–H groups in total. The molecule has 0 aromatic heterocycles. The maximum Gasteiger partial charge on any atom is 0.249 e. The summed E-state index contributed by atoms with van der Waals surface area (Å²) in [4.78, 5) is 12.8. The molecular weight excluding hydrogens is 186 g/mol. The highest BCUT2D eigenvalue weighted by molar-refractivity contribution is 6.30. The van der Waals surface area contributed by atoms with Gasteiger partial charge in [-0.2, -0.15) is 0 Å². The topological polar surface area (TPSA) is 29.4 Å². The molecule has 0 atom stereocenters. The molecule has 0 bridgehead atoms. The average molecular weight is 192 g/mol. The Balaban J connectivity index is 2.61. The van der Waals surface area contributed by atoms with Crippen LogP contribution in [0.25, 0.3) is 0 Å². The Morgan fingerprint density at radius 3 is 2.62 bits per heavy atom. The first-order valence-corrected chi connectivity index (χ1v) is 4.00. The third-order valence-electron chi connectivity index (χ3n) is 1.39. The van der Waals surface area contributed by atoms with E-state index < -0.39 is 0 Å². The van der Waals surface area contributed by atoms with Crippen LogP contribution in [0.3, 0.4) is 0 Å². The van der Waals surface area contributed by atoms with Crippen molar-refractivity contribution in [2.45, 2.75) is 6.42 Å². The van der Waals surface area contributed by atoms with Crippen molar-refractivity contribution in [3.8, 4) is 12.0 Å². The third-order valence-corrected chi connectivity index (χ3v) is 1.64. The summed E-state index contributed by atoms with van der Waals surface area (Å²) in [6.45, 7) is 0. The zero-order valence-corrected chi connectivity index (χ0v) is 7.51. The number of hydrogen-bond acceptors (Lipinski definition) is 2. The predicted molar refractivity (Wildman–Crippen MR) is 51.1 cm³/mol. The Kier molecular flexibility index (Phi) is 3.78. The summed E-state index contributed by atoms with van der Waals surface area (Å²) in [5.74, 6) is 2.70. The molecule has 13 heavy (non-hydrogen) atoms. The Morgan fingerprint density at radius 2 is 2.00 bits per heavy atom. The van der Waals surface area contributed by atoms with Crippen LogP contribution in [-0.2, 0) is 11.2 Å². The molecule has 1 aromatic carbocycles. The number of carbonyl (C=O) groups excluding carboxylic acids is 1. The number of isocyanates is 1. The standard InChI is InChI=1S/C10H6ClNO/c11-10-5-3-9(4-6-10)2-1-7-12-8-13/h3-6H,2H2. The maximum atomic E-state index is 9.65. The Labute approximate surface area is 81.3 Å². The first-order chi connectivity index (χ1) is 6.33. The van der Waals surface area contributed by atoms with Crippen LogP contribution in [0.5, 0.6) is 0 Å². The largest absolute Gasteiger partial charge is 0.249 e. The van der Waals surface area contributed by atoms with E-state index in [-0.39, 0.29) is 0 Å². The molecule has 0 aliphatic rings. The van der Waals surface area contributed by atoms with E-state index in [0.29, 0.717) is 11.4 Å². The van der Waals surface area contributed by atoms with Crippen molar-refractivity contribution in [3.05, 3.63) is 34.9 Å². The number of rotatable bonds is 1. The molecule has 0 amide bonds. The van der Waals surface area contributed by atoms with Gasteiger partial charge in [0.25, 0.3) is 0 Å². The minimum absolute atomic E-state index is 0.558. The van der Waals surface area contributed by atoms with Gasteiger partial charge in [0.1, 0.15) is 0 Å². The molecule has 0 fully saturated rings. The van der Waals surface area contributed by atoms with E-state index in [1.165, 1.54) is 6.08 Å². The van der Waals surface area contributed by atoms with Gasteiger partial charge in [0.05, 0.1) is 0 Å². The van der Waals surface area contributed by atoms with Gasteiger partial charge in [0, 0.05) is 17.5 Å². The van der Waals surface area contributed by atoms with Crippen LogP contribution in [0.15, 0.2) is 29.3 Å². The van der Waals surface area contributed by atoms with Gasteiger partial charge in [-0.3, -0.25) is 0 Å². The van der Waals surface area contributed by atoms with Crippen molar-refractivity contribution in [1.82, 2.24) is 0 Å². The van der Waals surface area contributed by atoms with Gasteiger partial charge >= 0.3 is 0 Å². The molecule has 0 unspecified atom stereocenters. The highest BCUT2D eigenvalue weighted by atomic mass is 35.5. The van der Waals surface area contributed by atoms with Crippen molar-refractivity contribution >= 4 is 17.7 Å². The van der Waals surface area contributed by atoms with E-state index in [1.54, 1.807) is 12.1 Å². The second kappa shape index (κ2) is 5.16. The molecule has 0 heterocycles. The van der Waals surface area contributed by atoms with Crippen LogP contribution in [0, 0.1) is 12.0 Å². The quantitative estimate of drug-likeness (QED) is 0.380. The smallest absolute Gasteiger partial charge is 0.210 e. The normalized spacial score (nSPS) is 8.08. The average Bonchev–Trinajstić information content (AvgIpc) is 2.15. The summed E-state index contributed by atoms with van der Waals surface area (Å²) in [6, 6.07) is 9.66. The van der Waals surface area contributed by atoms with E-state index in [1.807, 2.05) is 12.1 Å². The first-order valence-electron chi connectivity index (χ1n) is 3.62. The number of nitrogens with zero attached hydrogens (tertiary/aromatic N) is 1. The van der Waals surface area contributed by atoms with Gasteiger partial charge in [0.2, 0.25) is 6.08 Å². The first kappa shape index (κ1) is 9.54. The van der Waals surface area contributed by atoms with Crippen LogP contribution < -0.4 is 0 Å². The Morgan fingerprint density at radius 1 is 1.31 bits per heavy atom.